The maximum absolute atomic E-state index is 14.3. The van der Waals surface area contributed by atoms with Crippen LogP contribution in [0, 0.1) is 17.8 Å². The van der Waals surface area contributed by atoms with Gasteiger partial charge in [0.05, 0.1) is 53.7 Å². The summed E-state index contributed by atoms with van der Waals surface area (Å²) in [6.07, 6.45) is -5.74. The Kier molecular flexibility index (Phi) is 18.8. The van der Waals surface area contributed by atoms with Crippen LogP contribution in [0.2, 0.25) is 0 Å². The first-order valence-electron chi connectivity index (χ1n) is 25.4. The van der Waals surface area contributed by atoms with Crippen LogP contribution >= 0.6 is 0 Å². The normalized spacial score (nSPS) is 38.0. The van der Waals surface area contributed by atoms with E-state index in [0.29, 0.717) is 43.4 Å². The number of ketones is 1. The van der Waals surface area contributed by atoms with E-state index in [0.717, 1.165) is 12.0 Å². The lowest BCUT2D eigenvalue weighted by atomic mass is 9.69. The molecule has 1 aromatic heterocycles. The highest BCUT2D eigenvalue weighted by Gasteiger charge is 2.59. The molecule has 20 nitrogen and oxygen atoms in total. The number of aliphatic hydroxyl groups is 3. The molecule has 4 heterocycles. The van der Waals surface area contributed by atoms with Gasteiger partial charge in [0.2, 0.25) is 5.43 Å². The average Bonchev–Trinajstić information content (AvgIpc) is 3.33. The zero-order valence-corrected chi connectivity index (χ0v) is 44.5. The number of aliphatic hydroxyl groups excluding tert-OH is 2. The van der Waals surface area contributed by atoms with Crippen molar-refractivity contribution >= 4 is 28.6 Å². The van der Waals surface area contributed by atoms with Crippen LogP contribution in [0.15, 0.2) is 29.2 Å². The first kappa shape index (κ1) is 57.6. The molecule has 0 unspecified atom stereocenters. The third-order valence-corrected chi connectivity index (χ3v) is 15.9. The highest BCUT2D eigenvalue weighted by molar-refractivity contribution is 5.93. The number of carbonyl (C=O) groups excluding carboxylic acids is 2. The highest BCUT2D eigenvalue weighted by atomic mass is 16.7. The van der Waals surface area contributed by atoms with Gasteiger partial charge in [-0.2, -0.15) is 0 Å². The Bertz CT molecular complexity index is 2260. The van der Waals surface area contributed by atoms with Gasteiger partial charge in [0, 0.05) is 70.7 Å². The smallest absolute Gasteiger partial charge is 0.341 e. The maximum atomic E-state index is 14.3. The quantitative estimate of drug-likeness (QED) is 0.113. The number of methoxy groups -OCH3 is 2. The minimum atomic E-state index is -1.98. The van der Waals surface area contributed by atoms with E-state index in [1.54, 1.807) is 57.7 Å². The summed E-state index contributed by atoms with van der Waals surface area (Å²) in [5, 5.41) is 49.8. The number of carbonyl (C=O) groups is 3. The molecule has 6 rings (SSSR count). The molecule has 4 fully saturated rings. The number of hydrogen-bond donors (Lipinski definition) is 5. The zero-order valence-electron chi connectivity index (χ0n) is 44.5. The number of likely N-dealkylation sites (N-methyl/N-ethyl adjacent to an activating group) is 1. The molecular weight excluding hydrogens is 937 g/mol. The second-order valence-corrected chi connectivity index (χ2v) is 21.6. The van der Waals surface area contributed by atoms with Crippen LogP contribution in [0.25, 0.3) is 10.9 Å². The van der Waals surface area contributed by atoms with E-state index >= 15 is 0 Å². The molecule has 17 atom stereocenters. The number of carboxylic acids is 1. The van der Waals surface area contributed by atoms with Crippen molar-refractivity contribution in [2.24, 2.45) is 17.8 Å². The number of nitrogens with zero attached hydrogens (tertiary/aromatic N) is 3. The summed E-state index contributed by atoms with van der Waals surface area (Å²) in [5.74, 6) is -5.25. The largest absolute Gasteiger partial charge is 0.477 e. The van der Waals surface area contributed by atoms with Crippen LogP contribution in [-0.2, 0) is 53.9 Å². The first-order chi connectivity index (χ1) is 33.8. The van der Waals surface area contributed by atoms with Crippen LogP contribution in [0.4, 0.5) is 0 Å². The molecule has 1 aromatic carbocycles. The van der Waals surface area contributed by atoms with E-state index in [4.69, 9.17) is 37.9 Å². The Labute approximate surface area is 423 Å². The zero-order chi connectivity index (χ0) is 53.2. The van der Waals surface area contributed by atoms with E-state index in [2.05, 4.69) is 5.32 Å². The third kappa shape index (κ3) is 12.1. The van der Waals surface area contributed by atoms with Crippen molar-refractivity contribution in [2.45, 2.75) is 178 Å². The van der Waals surface area contributed by atoms with Crippen LogP contribution in [0.5, 0.6) is 0 Å². The number of fused-ring (bicyclic) bond motifs is 2. The summed E-state index contributed by atoms with van der Waals surface area (Å²) in [7, 11) is 10.4. The summed E-state index contributed by atoms with van der Waals surface area (Å²) in [5.41, 5.74) is -3.50. The highest BCUT2D eigenvalue weighted by Crippen LogP contribution is 2.44. The fourth-order valence-corrected chi connectivity index (χ4v) is 11.3. The van der Waals surface area contributed by atoms with Gasteiger partial charge in [-0.15, -0.1) is 0 Å². The predicted octanol–water partition coefficient (Wildman–Crippen LogP) is 2.62. The van der Waals surface area contributed by atoms with Gasteiger partial charge in [-0.3, -0.25) is 19.1 Å². The minimum Gasteiger partial charge on any atom is -0.477 e. The average molecular weight is 1020 g/mol. The number of benzene rings is 1. The number of esters is 1. The van der Waals surface area contributed by atoms with Crippen molar-refractivity contribution in [1.29, 1.82) is 0 Å². The third-order valence-electron chi connectivity index (χ3n) is 15.9. The monoisotopic (exact) mass is 1020 g/mol. The number of nitrogens with one attached hydrogen (secondary N) is 1. The number of aromatic nitrogens is 1. The van der Waals surface area contributed by atoms with Gasteiger partial charge < -0.3 is 73.5 Å². The Morgan fingerprint density at radius 2 is 1.61 bits per heavy atom. The predicted molar refractivity (Wildman–Crippen MR) is 265 cm³/mol. The number of aryl methyl sites for hydroxylation is 1. The molecule has 5 N–H and O–H groups in total. The van der Waals surface area contributed by atoms with E-state index in [-0.39, 0.29) is 43.4 Å². The summed E-state index contributed by atoms with van der Waals surface area (Å²) >= 11 is 0. The molecule has 2 aromatic rings. The van der Waals surface area contributed by atoms with E-state index in [1.807, 2.05) is 58.8 Å². The maximum Gasteiger partial charge on any atom is 0.341 e. The molecule has 406 valence electrons. The lowest BCUT2D eigenvalue weighted by Gasteiger charge is -2.50. The lowest BCUT2D eigenvalue weighted by molar-refractivity contribution is -0.321. The summed E-state index contributed by atoms with van der Waals surface area (Å²) in [6.45, 7) is 14.1. The molecule has 72 heavy (non-hydrogen) atoms. The van der Waals surface area contributed by atoms with Gasteiger partial charge in [-0.05, 0) is 111 Å². The molecule has 3 saturated heterocycles. The molecule has 0 amide bonds. The SMILES string of the molecule is CO[C@]1(C)C[C@@H](C)C(=O)[C@@H](O)[C@@]2(O)CC[C@H]2OC(=O)[C@H](C)[C@@H](O[C@H]2C[C@@](C)(OC)[C@@H](OCCNCCCc3ccc4c(c3)c(=O)c(C(=O)O)cn4N(C)C)[C@H](C)O2)[C@H](C)[C@H]1O[C@@H]1O[C@H](C)C[C@H](N(C)C)[C@H]1O. The van der Waals surface area contributed by atoms with E-state index in [9.17, 15) is 39.6 Å². The topological polar surface area (TPSA) is 246 Å². The Balaban J connectivity index is 1.17. The van der Waals surface area contributed by atoms with Crippen LogP contribution in [0.1, 0.15) is 103 Å². The number of carboxylic acid groups (broad SMARTS) is 1. The number of pyridine rings is 1. The number of hydrogen-bond acceptors (Lipinski definition) is 18. The van der Waals surface area contributed by atoms with Crippen LogP contribution < -0.4 is 15.8 Å². The van der Waals surface area contributed by atoms with Crippen molar-refractivity contribution < 1.29 is 72.7 Å². The standard InChI is InChI=1S/C52H82N4O16/c1-28-25-50(6,65-12)45(72-49-42(59)37(54(8)9)23-29(2)68-49)30(3)43(31(4)48(63)70-38-18-19-52(38,64)44(60)40(28)57)71-39-26-51(7,66-13)46(32(5)69-39)67-22-21-53-20-14-15-33-16-17-36-34(24-33)41(58)35(47(61)62)27-56(36)55(10)11/h16-17,24,27-32,37-39,42-46,49,53,59-60,64H,14-15,18-23,25-26H2,1-13H3,(H,61,62)/t28-,29-,30+,31-,32+,37+,38-,39+,42-,43+,44-,45-,46+,49+,50-,51-,52-/m1/s1. The van der Waals surface area contributed by atoms with Crippen LogP contribution in [0.3, 0.4) is 0 Å². The fourth-order valence-electron chi connectivity index (χ4n) is 11.3. The molecule has 4 aliphatic rings. The molecule has 1 saturated carbocycles. The Morgan fingerprint density at radius 3 is 2.22 bits per heavy atom. The van der Waals surface area contributed by atoms with Crippen molar-refractivity contribution in [2.75, 3.05) is 67.1 Å². The Hall–Kier alpha value is -3.64. The fraction of sp³-hybridized carbons (Fsp3) is 0.769. The Morgan fingerprint density at radius 1 is 0.931 bits per heavy atom. The second kappa shape index (κ2) is 23.5. The number of rotatable bonds is 17. The van der Waals surface area contributed by atoms with Crippen molar-refractivity contribution in [3.8, 4) is 0 Å². The van der Waals surface area contributed by atoms with Gasteiger partial charge >= 0.3 is 11.9 Å². The lowest BCUT2D eigenvalue weighted by Crippen LogP contribution is -2.64. The second-order valence-electron chi connectivity index (χ2n) is 21.6. The molecule has 0 bridgehead atoms. The summed E-state index contributed by atoms with van der Waals surface area (Å²) in [4.78, 5) is 55.0. The van der Waals surface area contributed by atoms with Gasteiger partial charge in [0.15, 0.2) is 18.4 Å². The number of Topliss-reactive ketones (excluding diaryl/α,β-unsaturated/α-hetero) is 1. The molecule has 0 spiro atoms. The molecule has 3 aliphatic heterocycles. The molecule has 0 radical (unpaired) electrons. The van der Waals surface area contributed by atoms with Gasteiger partial charge in [0.1, 0.15) is 35.6 Å². The number of aromatic carboxylic acids is 1. The van der Waals surface area contributed by atoms with E-state index in [1.165, 1.54) is 13.3 Å². The van der Waals surface area contributed by atoms with Gasteiger partial charge in [-0.1, -0.05) is 19.9 Å². The van der Waals surface area contributed by atoms with Gasteiger partial charge in [-0.25, -0.2) is 4.79 Å². The van der Waals surface area contributed by atoms with Crippen molar-refractivity contribution in [3.63, 3.8) is 0 Å². The first-order valence-corrected chi connectivity index (χ1v) is 25.4. The molecule has 20 heteroatoms. The summed E-state index contributed by atoms with van der Waals surface area (Å²) in [6, 6.07) is 5.23. The van der Waals surface area contributed by atoms with Crippen molar-refractivity contribution in [1.82, 2.24) is 14.9 Å². The minimum absolute atomic E-state index is 0.0229. The van der Waals surface area contributed by atoms with Gasteiger partial charge in [0.25, 0.3) is 0 Å². The summed E-state index contributed by atoms with van der Waals surface area (Å²) < 4.78 is 53.2. The molecule has 1 aliphatic carbocycles. The van der Waals surface area contributed by atoms with Crippen LogP contribution in [-0.4, -0.2) is 194 Å². The molecular formula is C52H82N4O16. The van der Waals surface area contributed by atoms with E-state index < -0.39 is 113 Å². The number of ether oxygens (including phenoxy) is 8. The van der Waals surface area contributed by atoms with Crippen molar-refractivity contribution in [3.05, 3.63) is 45.7 Å².